The van der Waals surface area contributed by atoms with Gasteiger partial charge in [0.15, 0.2) is 17.5 Å². The molecule has 4 heterocycles. The van der Waals surface area contributed by atoms with Crippen molar-refractivity contribution in [1.82, 2.24) is 28.7 Å². The topological polar surface area (TPSA) is 149 Å². The minimum absolute atomic E-state index is 0.197. The highest BCUT2D eigenvalue weighted by atomic mass is 15.1. The largest absolute Gasteiger partial charge is 0.307 e. The van der Waals surface area contributed by atoms with E-state index < -0.39 is 0 Å². The van der Waals surface area contributed by atoms with E-state index in [1.165, 1.54) is 12.1 Å². The Morgan fingerprint density at radius 1 is 0.282 bits per heavy atom. The molecule has 9 aromatic carbocycles. The monoisotopic (exact) mass is 904 g/mol. The maximum atomic E-state index is 10.1. The van der Waals surface area contributed by atoms with Crippen LogP contribution < -0.4 is 0 Å². The number of nitriles is 4. The summed E-state index contributed by atoms with van der Waals surface area (Å²) in [5.74, 6) is 0.676. The smallest absolute Gasteiger partial charge is 0.164 e. The minimum atomic E-state index is 0.197. The maximum absolute atomic E-state index is 10.1. The highest BCUT2D eigenvalue weighted by Crippen LogP contribution is 2.45. The van der Waals surface area contributed by atoms with Gasteiger partial charge in [-0.15, -0.1) is 0 Å². The van der Waals surface area contributed by atoms with Crippen LogP contribution in [0.5, 0.6) is 0 Å². The van der Waals surface area contributed by atoms with Crippen LogP contribution in [-0.2, 0) is 0 Å². The summed E-state index contributed by atoms with van der Waals surface area (Å²) in [7, 11) is 0. The van der Waals surface area contributed by atoms with Crippen LogP contribution in [0, 0.1) is 45.3 Å². The molecule has 0 bridgehead atoms. The highest BCUT2D eigenvalue weighted by Gasteiger charge is 2.27. The second-order valence-corrected chi connectivity index (χ2v) is 17.3. The van der Waals surface area contributed by atoms with Gasteiger partial charge in [0.2, 0.25) is 0 Å². The van der Waals surface area contributed by atoms with Crippen LogP contribution >= 0.6 is 0 Å². The van der Waals surface area contributed by atoms with Gasteiger partial charge in [0, 0.05) is 49.0 Å². The average Bonchev–Trinajstić information content (AvgIpc) is 4.08. The number of hydrogen-bond donors (Lipinski definition) is 0. The lowest BCUT2D eigenvalue weighted by Crippen LogP contribution is -2.10. The first kappa shape index (κ1) is 40.6. The summed E-state index contributed by atoms with van der Waals surface area (Å²) in [4.78, 5) is 15.4. The van der Waals surface area contributed by atoms with Gasteiger partial charge in [0.05, 0.1) is 96.7 Å². The zero-order valence-corrected chi connectivity index (χ0v) is 37.4. The third-order valence-corrected chi connectivity index (χ3v) is 13.3. The van der Waals surface area contributed by atoms with E-state index in [1.807, 2.05) is 0 Å². The van der Waals surface area contributed by atoms with Crippen molar-refractivity contribution in [3.05, 3.63) is 216 Å². The number of hydrogen-bond acceptors (Lipinski definition) is 7. The Bertz CT molecular complexity index is 4140. The van der Waals surface area contributed by atoms with Gasteiger partial charge in [-0.2, -0.15) is 21.0 Å². The molecule has 0 atom stereocenters. The molecule has 0 aliphatic heterocycles. The van der Waals surface area contributed by atoms with Crippen molar-refractivity contribution in [2.75, 3.05) is 0 Å². The molecule has 0 N–H and O–H groups in total. The van der Waals surface area contributed by atoms with Crippen LogP contribution in [0.1, 0.15) is 22.3 Å². The van der Waals surface area contributed by atoms with E-state index in [4.69, 9.17) is 15.0 Å². The van der Waals surface area contributed by atoms with Crippen LogP contribution in [0.3, 0.4) is 0 Å². The predicted octanol–water partition coefficient (Wildman–Crippen LogP) is 13.7. The Balaban J connectivity index is 1.25. The lowest BCUT2D eigenvalue weighted by atomic mass is 10.0. The molecule has 4 aromatic heterocycles. The standard InChI is InChI=1S/C61H32N10/c62-33-37-25-38(34-63)28-41(27-37)59-66-60(42-29-39(35-64)26-40(30-42)36-65)68-61(67-59)43-31-56(69-50-19-7-1-13-44(50)45-14-2-8-20-51(45)69)58(71-54-23-11-5-17-48(54)49-18-6-12-24-55(49)71)57(32-43)70-52-21-9-3-15-46(52)47-16-4-10-22-53(47)70/h1-32H. The Morgan fingerprint density at radius 3 is 0.789 bits per heavy atom. The summed E-state index contributed by atoms with van der Waals surface area (Å²) in [5.41, 5.74) is 11.1. The lowest BCUT2D eigenvalue weighted by Gasteiger charge is -2.23. The van der Waals surface area contributed by atoms with E-state index in [9.17, 15) is 21.0 Å². The first-order chi connectivity index (χ1) is 35.0. The summed E-state index contributed by atoms with van der Waals surface area (Å²) < 4.78 is 7.04. The SMILES string of the molecule is N#Cc1cc(C#N)cc(-c2nc(-c3cc(C#N)cc(C#N)c3)nc(-c3cc(-n4c5ccccc5c5ccccc54)c(-n4c5ccccc5c5ccccc54)c(-n4c5ccccc5c5ccccc54)c3)n2)c1. The maximum Gasteiger partial charge on any atom is 0.164 e. The fourth-order valence-corrected chi connectivity index (χ4v) is 10.4. The van der Waals surface area contributed by atoms with Gasteiger partial charge in [-0.05, 0) is 84.9 Å². The van der Waals surface area contributed by atoms with Crippen molar-refractivity contribution in [1.29, 1.82) is 21.0 Å². The number of benzene rings is 9. The molecule has 10 heteroatoms. The fourth-order valence-electron chi connectivity index (χ4n) is 10.4. The van der Waals surface area contributed by atoms with Gasteiger partial charge in [-0.3, -0.25) is 0 Å². The summed E-state index contributed by atoms with van der Waals surface area (Å²) in [6, 6.07) is 73.4. The van der Waals surface area contributed by atoms with Crippen LogP contribution in [-0.4, -0.2) is 28.7 Å². The average molecular weight is 905 g/mol. The molecule has 0 aliphatic carbocycles. The van der Waals surface area contributed by atoms with Crippen LogP contribution in [0.2, 0.25) is 0 Å². The number of nitrogens with zero attached hydrogens (tertiary/aromatic N) is 10. The van der Waals surface area contributed by atoms with Gasteiger partial charge in [-0.25, -0.2) is 15.0 Å². The zero-order chi connectivity index (χ0) is 47.7. The molecule has 13 aromatic rings. The Kier molecular flexibility index (Phi) is 9.16. The molecule has 0 aliphatic rings. The third kappa shape index (κ3) is 6.35. The van der Waals surface area contributed by atoms with Crippen molar-refractivity contribution in [3.63, 3.8) is 0 Å². The second kappa shape index (κ2) is 16.0. The predicted molar refractivity (Wildman–Crippen MR) is 278 cm³/mol. The minimum Gasteiger partial charge on any atom is -0.307 e. The molecule has 0 radical (unpaired) electrons. The number of aromatic nitrogens is 6. The number of para-hydroxylation sites is 6. The molecule has 0 saturated heterocycles. The van der Waals surface area contributed by atoms with Gasteiger partial charge in [0.25, 0.3) is 0 Å². The lowest BCUT2D eigenvalue weighted by molar-refractivity contribution is 1.04. The normalized spacial score (nSPS) is 11.3. The van der Waals surface area contributed by atoms with E-state index in [0.717, 1.165) is 82.5 Å². The third-order valence-electron chi connectivity index (χ3n) is 13.3. The Labute approximate surface area is 405 Å². The highest BCUT2D eigenvalue weighted by molar-refractivity contribution is 6.14. The summed E-state index contributed by atoms with van der Waals surface area (Å²) in [5, 5.41) is 47.0. The van der Waals surface area contributed by atoms with E-state index >= 15 is 0 Å². The molecular formula is C61H32N10. The Morgan fingerprint density at radius 2 is 0.521 bits per heavy atom. The van der Waals surface area contributed by atoms with Crippen molar-refractivity contribution >= 4 is 65.4 Å². The quantitative estimate of drug-likeness (QED) is 0.161. The zero-order valence-electron chi connectivity index (χ0n) is 37.4. The molecule has 0 spiro atoms. The van der Waals surface area contributed by atoms with Crippen LogP contribution in [0.4, 0.5) is 0 Å². The van der Waals surface area contributed by atoms with E-state index in [1.54, 1.807) is 24.3 Å². The summed E-state index contributed by atoms with van der Waals surface area (Å²) in [6.45, 7) is 0. The van der Waals surface area contributed by atoms with Crippen molar-refractivity contribution < 1.29 is 0 Å². The first-order valence-electron chi connectivity index (χ1n) is 22.8. The number of fused-ring (bicyclic) bond motifs is 9. The van der Waals surface area contributed by atoms with Crippen LogP contribution in [0.25, 0.3) is 117 Å². The van der Waals surface area contributed by atoms with Crippen LogP contribution in [0.15, 0.2) is 194 Å². The molecule has 0 saturated carbocycles. The van der Waals surface area contributed by atoms with Crippen molar-refractivity contribution in [2.45, 2.75) is 0 Å². The second-order valence-electron chi connectivity index (χ2n) is 17.3. The van der Waals surface area contributed by atoms with E-state index in [0.29, 0.717) is 16.7 Å². The Hall–Kier alpha value is -10.7. The molecule has 326 valence electrons. The first-order valence-corrected chi connectivity index (χ1v) is 22.8. The molecular weight excluding hydrogens is 873 g/mol. The summed E-state index contributed by atoms with van der Waals surface area (Å²) >= 11 is 0. The number of rotatable bonds is 6. The summed E-state index contributed by atoms with van der Waals surface area (Å²) in [6.07, 6.45) is 0. The molecule has 71 heavy (non-hydrogen) atoms. The fraction of sp³-hybridized carbons (Fsp3) is 0. The molecule has 0 amide bonds. The van der Waals surface area contributed by atoms with E-state index in [2.05, 4.69) is 196 Å². The molecule has 13 rings (SSSR count). The van der Waals surface area contributed by atoms with Gasteiger partial charge >= 0.3 is 0 Å². The van der Waals surface area contributed by atoms with Gasteiger partial charge in [0.1, 0.15) is 0 Å². The molecule has 10 nitrogen and oxygen atoms in total. The van der Waals surface area contributed by atoms with Crippen molar-refractivity contribution in [2.24, 2.45) is 0 Å². The van der Waals surface area contributed by atoms with Gasteiger partial charge < -0.3 is 13.7 Å². The van der Waals surface area contributed by atoms with Gasteiger partial charge in [-0.1, -0.05) is 109 Å². The molecule has 0 fully saturated rings. The van der Waals surface area contributed by atoms with E-state index in [-0.39, 0.29) is 39.7 Å². The molecule has 0 unspecified atom stereocenters. The van der Waals surface area contributed by atoms with Crippen molar-refractivity contribution in [3.8, 4) is 75.5 Å².